The van der Waals surface area contributed by atoms with E-state index in [0.29, 0.717) is 6.07 Å². The lowest BCUT2D eigenvalue weighted by Gasteiger charge is -2.08. The molecule has 1 heterocycles. The molecule has 0 spiro atoms. The number of carboxylic acids is 1. The molecule has 0 aliphatic carbocycles. The smallest absolute Gasteiger partial charge is 0.339 e. The summed E-state index contributed by atoms with van der Waals surface area (Å²) in [5.74, 6) is -1.78. The molecule has 0 saturated heterocycles. The molecule has 0 radical (unpaired) electrons. The van der Waals surface area contributed by atoms with Gasteiger partial charge in [0.25, 0.3) is 6.43 Å². The number of halogens is 2. The summed E-state index contributed by atoms with van der Waals surface area (Å²) in [4.78, 5) is 14.1. The Bertz CT molecular complexity index is 469. The van der Waals surface area contributed by atoms with Crippen molar-refractivity contribution in [3.05, 3.63) is 23.0 Å². The molecule has 1 N–H and O–H groups in total. The molecule has 1 rings (SSSR count). The maximum atomic E-state index is 12.4. The number of aromatic carboxylic acids is 1. The van der Waals surface area contributed by atoms with Gasteiger partial charge < -0.3 is 9.84 Å². The number of carboxylic acid groups (broad SMARTS) is 1. The second-order valence-electron chi connectivity index (χ2n) is 2.69. The fourth-order valence-electron chi connectivity index (χ4n) is 1.11. The summed E-state index contributed by atoms with van der Waals surface area (Å²) >= 11 is 0. The molecule has 0 unspecified atom stereocenters. The van der Waals surface area contributed by atoms with Crippen LogP contribution >= 0.6 is 0 Å². The van der Waals surface area contributed by atoms with Crippen LogP contribution in [0.2, 0.25) is 0 Å². The van der Waals surface area contributed by atoms with E-state index in [1.54, 1.807) is 0 Å². The Morgan fingerprint density at radius 2 is 2.31 bits per heavy atom. The summed E-state index contributed by atoms with van der Waals surface area (Å²) in [6.45, 7) is 0. The van der Waals surface area contributed by atoms with Crippen LogP contribution in [-0.2, 0) is 0 Å². The quantitative estimate of drug-likeness (QED) is 0.849. The SMILES string of the molecule is COc1c(C(=O)O)cc(C(F)F)nc1C#N. The van der Waals surface area contributed by atoms with Gasteiger partial charge in [-0.15, -0.1) is 0 Å². The van der Waals surface area contributed by atoms with Gasteiger partial charge in [0.2, 0.25) is 0 Å². The van der Waals surface area contributed by atoms with Gasteiger partial charge in [-0.05, 0) is 6.07 Å². The Morgan fingerprint density at radius 3 is 2.69 bits per heavy atom. The Hall–Kier alpha value is -2.23. The number of hydrogen-bond donors (Lipinski definition) is 1. The van der Waals surface area contributed by atoms with Gasteiger partial charge in [0.15, 0.2) is 11.4 Å². The van der Waals surface area contributed by atoms with Gasteiger partial charge in [0.05, 0.1) is 7.11 Å². The standard InChI is InChI=1S/C9H6F2N2O3/c1-16-7-4(9(14)15)2-5(8(10)11)13-6(7)3-12/h2,8H,1H3,(H,14,15). The minimum atomic E-state index is -2.95. The Kier molecular flexibility index (Phi) is 3.35. The normalized spacial score (nSPS) is 9.94. The van der Waals surface area contributed by atoms with E-state index in [1.807, 2.05) is 0 Å². The Morgan fingerprint density at radius 1 is 1.69 bits per heavy atom. The first-order chi connectivity index (χ1) is 7.51. The third-order valence-electron chi connectivity index (χ3n) is 1.76. The largest absolute Gasteiger partial charge is 0.493 e. The van der Waals surface area contributed by atoms with E-state index >= 15 is 0 Å². The van der Waals surface area contributed by atoms with Gasteiger partial charge in [-0.2, -0.15) is 5.26 Å². The fourth-order valence-corrected chi connectivity index (χ4v) is 1.11. The summed E-state index contributed by atoms with van der Waals surface area (Å²) < 4.78 is 29.4. The van der Waals surface area contributed by atoms with Crippen molar-refractivity contribution < 1.29 is 23.4 Å². The Balaban J connectivity index is 3.51. The van der Waals surface area contributed by atoms with Gasteiger partial charge in [-0.3, -0.25) is 0 Å². The molecule has 0 aliphatic heterocycles. The lowest BCUT2D eigenvalue weighted by molar-refractivity contribution is 0.0692. The van der Waals surface area contributed by atoms with Gasteiger partial charge in [-0.1, -0.05) is 0 Å². The highest BCUT2D eigenvalue weighted by atomic mass is 19.3. The number of hydrogen-bond acceptors (Lipinski definition) is 4. The molecule has 84 valence electrons. The van der Waals surface area contributed by atoms with Crippen LogP contribution in [0.25, 0.3) is 0 Å². The topological polar surface area (TPSA) is 83.2 Å². The van der Waals surface area contributed by atoms with Crippen LogP contribution in [0, 0.1) is 11.3 Å². The predicted molar refractivity (Wildman–Crippen MR) is 47.4 cm³/mol. The van der Waals surface area contributed by atoms with Crippen molar-refractivity contribution in [2.75, 3.05) is 7.11 Å². The van der Waals surface area contributed by atoms with Crippen LogP contribution in [0.5, 0.6) is 5.75 Å². The third kappa shape index (κ3) is 2.06. The van der Waals surface area contributed by atoms with Crippen LogP contribution in [0.15, 0.2) is 6.07 Å². The zero-order valence-corrected chi connectivity index (χ0v) is 8.07. The van der Waals surface area contributed by atoms with E-state index in [0.717, 1.165) is 7.11 Å². The van der Waals surface area contributed by atoms with Crippen LogP contribution < -0.4 is 4.74 Å². The molecule has 0 fully saturated rings. The molecule has 0 atom stereocenters. The summed E-state index contributed by atoms with van der Waals surface area (Å²) in [7, 11) is 1.13. The van der Waals surface area contributed by atoms with E-state index in [9.17, 15) is 13.6 Å². The number of nitrogens with zero attached hydrogens (tertiary/aromatic N) is 2. The number of pyridine rings is 1. The van der Waals surface area contributed by atoms with E-state index in [4.69, 9.17) is 10.4 Å². The molecular weight excluding hydrogens is 222 g/mol. The number of aromatic nitrogens is 1. The lowest BCUT2D eigenvalue weighted by Crippen LogP contribution is -2.06. The van der Waals surface area contributed by atoms with Crippen LogP contribution in [-0.4, -0.2) is 23.2 Å². The van der Waals surface area contributed by atoms with Crippen molar-refractivity contribution in [3.8, 4) is 11.8 Å². The van der Waals surface area contributed by atoms with Crippen molar-refractivity contribution in [1.29, 1.82) is 5.26 Å². The number of rotatable bonds is 3. The first-order valence-electron chi connectivity index (χ1n) is 4.01. The highest BCUT2D eigenvalue weighted by Gasteiger charge is 2.21. The molecule has 1 aromatic heterocycles. The average molecular weight is 228 g/mol. The molecule has 0 amide bonds. The summed E-state index contributed by atoms with van der Waals surface area (Å²) in [6, 6.07) is 2.19. The maximum Gasteiger partial charge on any atom is 0.339 e. The van der Waals surface area contributed by atoms with Crippen molar-refractivity contribution in [1.82, 2.24) is 4.98 Å². The van der Waals surface area contributed by atoms with Gasteiger partial charge >= 0.3 is 5.97 Å². The molecule has 5 nitrogen and oxygen atoms in total. The van der Waals surface area contributed by atoms with Crippen LogP contribution in [0.3, 0.4) is 0 Å². The van der Waals surface area contributed by atoms with Gasteiger partial charge in [0, 0.05) is 0 Å². The summed E-state index contributed by atoms with van der Waals surface area (Å²) in [6.07, 6.45) is -2.95. The predicted octanol–water partition coefficient (Wildman–Crippen LogP) is 1.60. The maximum absolute atomic E-state index is 12.4. The molecule has 16 heavy (non-hydrogen) atoms. The van der Waals surface area contributed by atoms with Crippen molar-refractivity contribution in [2.45, 2.75) is 6.43 Å². The Labute approximate surface area is 88.9 Å². The summed E-state index contributed by atoms with van der Waals surface area (Å²) in [5.41, 5.74) is -1.75. The lowest BCUT2D eigenvalue weighted by atomic mass is 10.1. The van der Waals surface area contributed by atoms with Crippen molar-refractivity contribution in [3.63, 3.8) is 0 Å². The molecular formula is C9H6F2N2O3. The minimum Gasteiger partial charge on any atom is -0.493 e. The van der Waals surface area contributed by atoms with Crippen LogP contribution in [0.4, 0.5) is 8.78 Å². The van der Waals surface area contributed by atoms with E-state index < -0.39 is 29.3 Å². The highest BCUT2D eigenvalue weighted by molar-refractivity contribution is 5.91. The van der Waals surface area contributed by atoms with E-state index in [1.165, 1.54) is 6.07 Å². The number of methoxy groups -OCH3 is 1. The van der Waals surface area contributed by atoms with Gasteiger partial charge in [-0.25, -0.2) is 18.6 Å². The van der Waals surface area contributed by atoms with Crippen molar-refractivity contribution >= 4 is 5.97 Å². The first kappa shape index (κ1) is 11.8. The number of ether oxygens (including phenoxy) is 1. The summed E-state index contributed by atoms with van der Waals surface area (Å²) in [5, 5.41) is 17.4. The molecule has 0 aliphatic rings. The van der Waals surface area contributed by atoms with Gasteiger partial charge in [0.1, 0.15) is 17.3 Å². The zero-order chi connectivity index (χ0) is 12.3. The average Bonchev–Trinajstić information content (AvgIpc) is 2.26. The zero-order valence-electron chi connectivity index (χ0n) is 8.07. The number of alkyl halides is 2. The third-order valence-corrected chi connectivity index (χ3v) is 1.76. The number of nitriles is 1. The van der Waals surface area contributed by atoms with Crippen molar-refractivity contribution in [2.24, 2.45) is 0 Å². The fraction of sp³-hybridized carbons (Fsp3) is 0.222. The van der Waals surface area contributed by atoms with E-state index in [-0.39, 0.29) is 5.75 Å². The first-order valence-corrected chi connectivity index (χ1v) is 4.01. The molecule has 0 saturated carbocycles. The second kappa shape index (κ2) is 4.53. The highest BCUT2D eigenvalue weighted by Crippen LogP contribution is 2.27. The van der Waals surface area contributed by atoms with E-state index in [2.05, 4.69) is 9.72 Å². The molecule has 1 aromatic rings. The molecule has 7 heteroatoms. The number of carbonyl (C=O) groups is 1. The van der Waals surface area contributed by atoms with Crippen LogP contribution in [0.1, 0.15) is 28.2 Å². The second-order valence-corrected chi connectivity index (χ2v) is 2.69. The molecule has 0 aromatic carbocycles. The monoisotopic (exact) mass is 228 g/mol. The molecule has 0 bridgehead atoms. The minimum absolute atomic E-state index is 0.320.